The zero-order chi connectivity index (χ0) is 11.8. The lowest BCUT2D eigenvalue weighted by Gasteiger charge is -2.23. The van der Waals surface area contributed by atoms with Crippen molar-refractivity contribution in [1.29, 1.82) is 0 Å². The highest BCUT2D eigenvalue weighted by Gasteiger charge is 2.19. The molecule has 1 atom stereocenters. The minimum Gasteiger partial charge on any atom is -0.347 e. The van der Waals surface area contributed by atoms with Crippen molar-refractivity contribution in [3.8, 4) is 0 Å². The molecule has 1 aliphatic heterocycles. The van der Waals surface area contributed by atoms with Crippen molar-refractivity contribution in [2.45, 2.75) is 18.8 Å². The van der Waals surface area contributed by atoms with Crippen LogP contribution in [0.1, 0.15) is 24.5 Å². The highest BCUT2D eigenvalue weighted by Crippen LogP contribution is 2.29. The molecule has 1 aliphatic rings. The van der Waals surface area contributed by atoms with Gasteiger partial charge in [0, 0.05) is 41.1 Å². The van der Waals surface area contributed by atoms with Crippen LogP contribution in [-0.4, -0.2) is 17.7 Å². The lowest BCUT2D eigenvalue weighted by molar-refractivity contribution is 0.448. The molecule has 3 heteroatoms. The predicted octanol–water partition coefficient (Wildman–Crippen LogP) is 3.30. The van der Waals surface area contributed by atoms with Crippen LogP contribution < -0.4 is 5.32 Å². The molecule has 0 amide bonds. The van der Waals surface area contributed by atoms with Crippen molar-refractivity contribution in [2.75, 3.05) is 13.1 Å². The third kappa shape index (κ3) is 1.96. The number of piperidine rings is 1. The van der Waals surface area contributed by atoms with Crippen LogP contribution in [0.4, 0.5) is 0 Å². The number of nitrogens with one attached hydrogen (secondary N) is 1. The summed E-state index contributed by atoms with van der Waals surface area (Å²) in [6, 6.07) is 8.42. The van der Waals surface area contributed by atoms with Gasteiger partial charge in [0.15, 0.2) is 0 Å². The second-order valence-electron chi connectivity index (χ2n) is 4.87. The first-order valence-corrected chi connectivity index (χ1v) is 6.59. The van der Waals surface area contributed by atoms with E-state index in [0.717, 1.165) is 18.1 Å². The number of nitrogens with zero attached hydrogens (tertiary/aromatic N) is 1. The first kappa shape index (κ1) is 11.1. The van der Waals surface area contributed by atoms with Crippen LogP contribution >= 0.6 is 11.6 Å². The Kier molecular flexibility index (Phi) is 2.85. The maximum Gasteiger partial charge on any atom is 0.0481 e. The van der Waals surface area contributed by atoms with Crippen molar-refractivity contribution in [3.05, 3.63) is 35.0 Å². The zero-order valence-corrected chi connectivity index (χ0v) is 10.8. The van der Waals surface area contributed by atoms with Gasteiger partial charge in [0.2, 0.25) is 0 Å². The van der Waals surface area contributed by atoms with Gasteiger partial charge in [-0.3, -0.25) is 0 Å². The molecule has 0 bridgehead atoms. The Morgan fingerprint density at radius 2 is 2.24 bits per heavy atom. The maximum atomic E-state index is 6.04. The number of benzene rings is 1. The SMILES string of the molecule is Cn1c(C2CCCNC2)cc2cc(Cl)ccc21. The van der Waals surface area contributed by atoms with Crippen molar-refractivity contribution >= 4 is 22.5 Å². The van der Waals surface area contributed by atoms with Crippen LogP contribution in [0.3, 0.4) is 0 Å². The van der Waals surface area contributed by atoms with Crippen LogP contribution in [0, 0.1) is 0 Å². The average Bonchev–Trinajstić information content (AvgIpc) is 2.67. The molecule has 1 aromatic carbocycles. The molecule has 0 radical (unpaired) electrons. The predicted molar refractivity (Wildman–Crippen MR) is 72.8 cm³/mol. The Bertz CT molecular complexity index is 538. The monoisotopic (exact) mass is 248 g/mol. The van der Waals surface area contributed by atoms with E-state index in [1.807, 2.05) is 6.07 Å². The fourth-order valence-electron chi connectivity index (χ4n) is 2.84. The molecule has 2 heterocycles. The van der Waals surface area contributed by atoms with Crippen LogP contribution in [0.25, 0.3) is 10.9 Å². The molecule has 1 fully saturated rings. The second kappa shape index (κ2) is 4.35. The molecular formula is C14H17ClN2. The molecule has 2 aromatic rings. The second-order valence-corrected chi connectivity index (χ2v) is 5.31. The number of aryl methyl sites for hydroxylation is 1. The minimum atomic E-state index is 0.639. The highest BCUT2D eigenvalue weighted by molar-refractivity contribution is 6.31. The standard InChI is InChI=1S/C14H17ClN2/c1-17-13-5-4-12(15)7-11(13)8-14(17)10-3-2-6-16-9-10/h4-5,7-8,10,16H,2-3,6,9H2,1H3. The smallest absolute Gasteiger partial charge is 0.0481 e. The Morgan fingerprint density at radius 1 is 1.35 bits per heavy atom. The third-order valence-electron chi connectivity index (χ3n) is 3.76. The topological polar surface area (TPSA) is 17.0 Å². The van der Waals surface area contributed by atoms with E-state index in [1.54, 1.807) is 0 Å². The average molecular weight is 249 g/mol. The minimum absolute atomic E-state index is 0.639. The molecule has 3 rings (SSSR count). The Balaban J connectivity index is 2.07. The van der Waals surface area contributed by atoms with E-state index in [0.29, 0.717) is 5.92 Å². The molecular weight excluding hydrogens is 232 g/mol. The summed E-state index contributed by atoms with van der Waals surface area (Å²) < 4.78 is 2.31. The summed E-state index contributed by atoms with van der Waals surface area (Å²) in [4.78, 5) is 0. The van der Waals surface area contributed by atoms with Crippen molar-refractivity contribution < 1.29 is 0 Å². The van der Waals surface area contributed by atoms with Crippen molar-refractivity contribution in [2.24, 2.45) is 7.05 Å². The Morgan fingerprint density at radius 3 is 3.00 bits per heavy atom. The fourth-order valence-corrected chi connectivity index (χ4v) is 3.02. The van der Waals surface area contributed by atoms with E-state index in [4.69, 9.17) is 11.6 Å². The molecule has 90 valence electrons. The van der Waals surface area contributed by atoms with Gasteiger partial charge in [0.25, 0.3) is 0 Å². The van der Waals surface area contributed by atoms with Gasteiger partial charge in [-0.15, -0.1) is 0 Å². The summed E-state index contributed by atoms with van der Waals surface area (Å²) >= 11 is 6.04. The van der Waals surface area contributed by atoms with Gasteiger partial charge in [-0.1, -0.05) is 11.6 Å². The van der Waals surface area contributed by atoms with E-state index in [1.165, 1.54) is 29.4 Å². The molecule has 1 unspecified atom stereocenters. The number of rotatable bonds is 1. The van der Waals surface area contributed by atoms with Gasteiger partial charge in [-0.05, 0) is 43.7 Å². The number of halogens is 1. The van der Waals surface area contributed by atoms with Crippen LogP contribution in [-0.2, 0) is 7.05 Å². The van der Waals surface area contributed by atoms with Gasteiger partial charge in [-0.25, -0.2) is 0 Å². The quantitative estimate of drug-likeness (QED) is 0.820. The maximum absolute atomic E-state index is 6.04. The fraction of sp³-hybridized carbons (Fsp3) is 0.429. The largest absolute Gasteiger partial charge is 0.347 e. The number of hydrogen-bond acceptors (Lipinski definition) is 1. The molecule has 0 saturated carbocycles. The van der Waals surface area contributed by atoms with Gasteiger partial charge < -0.3 is 9.88 Å². The van der Waals surface area contributed by atoms with E-state index in [2.05, 4.69) is 35.1 Å². The molecule has 1 saturated heterocycles. The number of hydrogen-bond donors (Lipinski definition) is 1. The summed E-state index contributed by atoms with van der Waals surface area (Å²) in [5, 5.41) is 5.54. The molecule has 0 aliphatic carbocycles. The van der Waals surface area contributed by atoms with Gasteiger partial charge in [-0.2, -0.15) is 0 Å². The van der Waals surface area contributed by atoms with E-state index in [9.17, 15) is 0 Å². The molecule has 2 nitrogen and oxygen atoms in total. The lowest BCUT2D eigenvalue weighted by Crippen LogP contribution is -2.29. The lowest BCUT2D eigenvalue weighted by atomic mass is 9.96. The molecule has 1 aromatic heterocycles. The normalized spacial score (nSPS) is 20.9. The Labute approximate surface area is 107 Å². The van der Waals surface area contributed by atoms with E-state index >= 15 is 0 Å². The van der Waals surface area contributed by atoms with Crippen LogP contribution in [0.5, 0.6) is 0 Å². The molecule has 0 spiro atoms. The van der Waals surface area contributed by atoms with Crippen molar-refractivity contribution in [1.82, 2.24) is 9.88 Å². The Hall–Kier alpha value is -0.990. The zero-order valence-electron chi connectivity index (χ0n) is 10.0. The molecule has 17 heavy (non-hydrogen) atoms. The van der Waals surface area contributed by atoms with Crippen LogP contribution in [0.15, 0.2) is 24.3 Å². The summed E-state index contributed by atoms with van der Waals surface area (Å²) in [5.74, 6) is 0.639. The first-order chi connectivity index (χ1) is 8.25. The van der Waals surface area contributed by atoms with Gasteiger partial charge >= 0.3 is 0 Å². The first-order valence-electron chi connectivity index (χ1n) is 6.21. The number of fused-ring (bicyclic) bond motifs is 1. The summed E-state index contributed by atoms with van der Waals surface area (Å²) in [5.41, 5.74) is 2.70. The highest BCUT2D eigenvalue weighted by atomic mass is 35.5. The summed E-state index contributed by atoms with van der Waals surface area (Å²) in [6.07, 6.45) is 2.55. The van der Waals surface area contributed by atoms with E-state index < -0.39 is 0 Å². The van der Waals surface area contributed by atoms with E-state index in [-0.39, 0.29) is 0 Å². The summed E-state index contributed by atoms with van der Waals surface area (Å²) in [6.45, 7) is 2.25. The van der Waals surface area contributed by atoms with Crippen molar-refractivity contribution in [3.63, 3.8) is 0 Å². The van der Waals surface area contributed by atoms with Crippen LogP contribution in [0.2, 0.25) is 5.02 Å². The molecule has 1 N–H and O–H groups in total. The summed E-state index contributed by atoms with van der Waals surface area (Å²) in [7, 11) is 2.15. The van der Waals surface area contributed by atoms with Gasteiger partial charge in [0.1, 0.15) is 0 Å². The third-order valence-corrected chi connectivity index (χ3v) is 3.99. The number of aromatic nitrogens is 1. The van der Waals surface area contributed by atoms with Gasteiger partial charge in [0.05, 0.1) is 0 Å².